The number of aryl methyl sites for hydroxylation is 2. The van der Waals surface area contributed by atoms with Crippen LogP contribution in [0, 0.1) is 0 Å². The van der Waals surface area contributed by atoms with E-state index in [0.717, 1.165) is 22.8 Å². The van der Waals surface area contributed by atoms with Gasteiger partial charge in [0.05, 0.1) is 38.3 Å². The molecule has 4 nitrogen and oxygen atoms in total. The molecule has 3 aromatic rings. The molecule has 30 heavy (non-hydrogen) atoms. The normalized spacial score (nSPS) is 11.3. The standard InChI is InChI=1S/C24H34N3O.2BrH/c1-5-27(4,6-2)18-10-8-7-9-11-19-14-16-25-24-20(19)12-13-21-23(24)22(28)15-17-26(21)3;;/h12-17H,5-11,18H2,1-4H3;2*1H/q+1;;/p-1. The summed E-state index contributed by atoms with van der Waals surface area (Å²) in [5.74, 6) is 0. The summed E-state index contributed by atoms with van der Waals surface area (Å²) in [7, 11) is 4.35. The predicted molar refractivity (Wildman–Crippen MR) is 118 cm³/mol. The summed E-state index contributed by atoms with van der Waals surface area (Å²) in [6.07, 6.45) is 9.96. The number of hydrogen-bond acceptors (Lipinski definition) is 1. The highest BCUT2D eigenvalue weighted by Crippen LogP contribution is 2.23. The molecule has 0 saturated heterocycles. The van der Waals surface area contributed by atoms with Crippen molar-refractivity contribution in [3.05, 3.63) is 52.4 Å². The fraction of sp³-hybridized carbons (Fsp3) is 0.500. The minimum atomic E-state index is 0. The van der Waals surface area contributed by atoms with E-state index in [1.165, 1.54) is 60.8 Å². The molecular weight excluding hydrogens is 506 g/mol. The Morgan fingerprint density at radius 3 is 2.37 bits per heavy atom. The zero-order valence-corrected chi connectivity index (χ0v) is 21.9. The molecule has 166 valence electrons. The van der Waals surface area contributed by atoms with Gasteiger partial charge in [0.15, 0.2) is 6.20 Å². The lowest BCUT2D eigenvalue weighted by molar-refractivity contribution is -0.906. The maximum atomic E-state index is 12.5. The van der Waals surface area contributed by atoms with E-state index in [9.17, 15) is 4.79 Å². The summed E-state index contributed by atoms with van der Waals surface area (Å²) >= 11 is 0. The summed E-state index contributed by atoms with van der Waals surface area (Å²) in [5, 5.41) is 1.97. The Labute approximate surface area is 201 Å². The van der Waals surface area contributed by atoms with E-state index in [1.807, 2.05) is 24.0 Å². The first-order valence-corrected chi connectivity index (χ1v) is 10.7. The summed E-state index contributed by atoms with van der Waals surface area (Å²) in [6.45, 7) is 8.30. The third-order valence-corrected chi connectivity index (χ3v) is 6.54. The number of nitrogens with one attached hydrogen (secondary N) is 1. The van der Waals surface area contributed by atoms with Crippen LogP contribution in [0.2, 0.25) is 0 Å². The Kier molecular flexibility index (Phi) is 10.7. The van der Waals surface area contributed by atoms with E-state index < -0.39 is 0 Å². The smallest absolute Gasteiger partial charge is 0.218 e. The van der Waals surface area contributed by atoms with Crippen LogP contribution in [-0.2, 0) is 13.5 Å². The molecule has 0 spiro atoms. The summed E-state index contributed by atoms with van der Waals surface area (Å²) in [5.41, 5.74) is 3.36. The number of aromatic amines is 1. The fourth-order valence-electron chi connectivity index (χ4n) is 4.13. The zero-order chi connectivity index (χ0) is 20.1. The Balaban J connectivity index is 0.00000225. The van der Waals surface area contributed by atoms with Gasteiger partial charge in [0.1, 0.15) is 12.4 Å². The minimum Gasteiger partial charge on any atom is -1.00 e. The molecule has 0 radical (unpaired) electrons. The van der Waals surface area contributed by atoms with Crippen molar-refractivity contribution in [2.75, 3.05) is 26.7 Å². The van der Waals surface area contributed by atoms with Crippen LogP contribution >= 0.6 is 0 Å². The quantitative estimate of drug-likeness (QED) is 0.146. The average Bonchev–Trinajstić information content (AvgIpc) is 2.72. The molecule has 0 atom stereocenters. The highest BCUT2D eigenvalue weighted by molar-refractivity contribution is 6.03. The van der Waals surface area contributed by atoms with Crippen molar-refractivity contribution in [1.82, 2.24) is 4.98 Å². The molecule has 2 heterocycles. The van der Waals surface area contributed by atoms with Gasteiger partial charge in [-0.25, -0.2) is 4.57 Å². The van der Waals surface area contributed by atoms with Crippen molar-refractivity contribution in [3.63, 3.8) is 0 Å². The Hall–Kier alpha value is -1.24. The molecular formula is C24H35Br2N3O. The number of pyridine rings is 2. The van der Waals surface area contributed by atoms with Gasteiger partial charge in [-0.2, -0.15) is 0 Å². The Bertz CT molecular complexity index is 1010. The topological polar surface area (TPSA) is 36.7 Å². The molecule has 0 bridgehead atoms. The first kappa shape index (κ1) is 26.8. The largest absolute Gasteiger partial charge is 1.00 e. The molecule has 1 N–H and O–H groups in total. The average molecular weight is 541 g/mol. The van der Waals surface area contributed by atoms with Gasteiger partial charge in [0.25, 0.3) is 0 Å². The number of aromatic nitrogens is 2. The van der Waals surface area contributed by atoms with E-state index in [0.29, 0.717) is 0 Å². The summed E-state index contributed by atoms with van der Waals surface area (Å²) in [4.78, 5) is 15.8. The van der Waals surface area contributed by atoms with Crippen molar-refractivity contribution in [3.8, 4) is 0 Å². The first-order chi connectivity index (χ1) is 13.5. The molecule has 0 aliphatic heterocycles. The van der Waals surface area contributed by atoms with Crippen LogP contribution in [0.4, 0.5) is 0 Å². The number of unbranched alkanes of at least 4 members (excludes halogenated alkanes) is 3. The van der Waals surface area contributed by atoms with Crippen molar-refractivity contribution >= 4 is 21.8 Å². The monoisotopic (exact) mass is 539 g/mol. The van der Waals surface area contributed by atoms with Gasteiger partial charge >= 0.3 is 0 Å². The molecule has 0 aliphatic rings. The fourth-order valence-corrected chi connectivity index (χ4v) is 4.13. The number of quaternary nitrogens is 1. The van der Waals surface area contributed by atoms with Crippen LogP contribution in [0.15, 0.2) is 41.5 Å². The minimum absolute atomic E-state index is 0. The Morgan fingerprint density at radius 1 is 0.967 bits per heavy atom. The number of halogens is 2. The SMILES string of the molecule is CC[N+](C)(CC)CCCCCCc1cc[nH]c2c1ccc1c2c(=O)cc[n+]1C.[Br-].[Br-]. The Morgan fingerprint density at radius 2 is 1.67 bits per heavy atom. The van der Waals surface area contributed by atoms with Gasteiger partial charge in [-0.15, -0.1) is 0 Å². The van der Waals surface area contributed by atoms with E-state index in [4.69, 9.17) is 0 Å². The second kappa shape index (κ2) is 12.0. The van der Waals surface area contributed by atoms with Gasteiger partial charge in [-0.1, -0.05) is 6.42 Å². The number of nitrogens with zero attached hydrogens (tertiary/aromatic N) is 2. The van der Waals surface area contributed by atoms with Crippen LogP contribution in [-0.4, -0.2) is 36.1 Å². The molecule has 0 aliphatic carbocycles. The first-order valence-electron chi connectivity index (χ1n) is 10.7. The van der Waals surface area contributed by atoms with Crippen LogP contribution in [0.25, 0.3) is 21.8 Å². The van der Waals surface area contributed by atoms with Crippen LogP contribution in [0.5, 0.6) is 0 Å². The summed E-state index contributed by atoms with van der Waals surface area (Å²) < 4.78 is 3.19. The predicted octanol–water partition coefficient (Wildman–Crippen LogP) is -1.90. The molecule has 3 rings (SSSR count). The molecule has 1 aromatic carbocycles. The summed E-state index contributed by atoms with van der Waals surface area (Å²) in [6, 6.07) is 8.06. The third-order valence-electron chi connectivity index (χ3n) is 6.54. The lowest BCUT2D eigenvalue weighted by atomic mass is 10.00. The number of H-pyrrole nitrogens is 1. The number of benzene rings is 1. The number of fused-ring (bicyclic) bond motifs is 3. The van der Waals surface area contributed by atoms with Crippen molar-refractivity contribution < 1.29 is 43.0 Å². The second-order valence-corrected chi connectivity index (χ2v) is 8.32. The highest BCUT2D eigenvalue weighted by atomic mass is 79.9. The lowest BCUT2D eigenvalue weighted by Crippen LogP contribution is -3.00. The molecule has 0 amide bonds. The highest BCUT2D eigenvalue weighted by Gasteiger charge is 2.15. The number of rotatable bonds is 9. The van der Waals surface area contributed by atoms with Crippen molar-refractivity contribution in [2.24, 2.45) is 7.05 Å². The van der Waals surface area contributed by atoms with E-state index in [2.05, 4.69) is 44.1 Å². The molecule has 6 heteroatoms. The van der Waals surface area contributed by atoms with E-state index >= 15 is 0 Å². The molecule has 0 fully saturated rings. The maximum Gasteiger partial charge on any atom is 0.218 e. The van der Waals surface area contributed by atoms with Crippen molar-refractivity contribution in [2.45, 2.75) is 46.0 Å². The van der Waals surface area contributed by atoms with Gasteiger partial charge in [0, 0.05) is 17.6 Å². The van der Waals surface area contributed by atoms with Gasteiger partial charge < -0.3 is 43.4 Å². The van der Waals surface area contributed by atoms with E-state index in [1.54, 1.807) is 6.07 Å². The molecule has 0 saturated carbocycles. The lowest BCUT2D eigenvalue weighted by Gasteiger charge is -2.32. The third kappa shape index (κ3) is 5.92. The molecule has 2 aromatic heterocycles. The van der Waals surface area contributed by atoms with Gasteiger partial charge in [-0.05, 0) is 57.2 Å². The molecule has 0 unspecified atom stereocenters. The van der Waals surface area contributed by atoms with Crippen LogP contribution in [0.3, 0.4) is 0 Å². The zero-order valence-electron chi connectivity index (χ0n) is 18.7. The second-order valence-electron chi connectivity index (χ2n) is 8.32. The van der Waals surface area contributed by atoms with Crippen LogP contribution < -0.4 is 44.0 Å². The van der Waals surface area contributed by atoms with Crippen LogP contribution in [0.1, 0.15) is 45.1 Å². The number of hydrogen-bond donors (Lipinski definition) is 1. The maximum absolute atomic E-state index is 12.5. The van der Waals surface area contributed by atoms with E-state index in [-0.39, 0.29) is 39.4 Å². The van der Waals surface area contributed by atoms with Gasteiger partial charge in [-0.3, -0.25) is 4.79 Å². The van der Waals surface area contributed by atoms with Crippen molar-refractivity contribution in [1.29, 1.82) is 0 Å². The van der Waals surface area contributed by atoms with Gasteiger partial charge in [0.2, 0.25) is 10.9 Å².